The van der Waals surface area contributed by atoms with Gasteiger partial charge in [-0.15, -0.1) is 12.4 Å². The van der Waals surface area contributed by atoms with Crippen molar-refractivity contribution in [3.63, 3.8) is 0 Å². The Labute approximate surface area is 145 Å². The van der Waals surface area contributed by atoms with E-state index in [4.69, 9.17) is 0 Å². The van der Waals surface area contributed by atoms with Crippen molar-refractivity contribution in [3.8, 4) is 0 Å². The average Bonchev–Trinajstić information content (AvgIpc) is 3.17. The Balaban J connectivity index is 0.00000192. The van der Waals surface area contributed by atoms with Crippen molar-refractivity contribution < 1.29 is 4.79 Å². The summed E-state index contributed by atoms with van der Waals surface area (Å²) in [6.45, 7) is 3.56. The normalized spacial score (nSPS) is 17.2. The van der Waals surface area contributed by atoms with E-state index in [9.17, 15) is 4.79 Å². The minimum Gasteiger partial charge on any atom is -0.334 e. The first-order chi connectivity index (χ1) is 10.6. The standard InChI is InChI=1S/C18H27N3O.ClH/c1-20(2)9-10-21(17-5-3-4-6-17)18(22)14-7-8-15-12-19-13-16(15)11-14;/h7-8,11,17,19H,3-6,9-10,12-13H2,1-2H3;1H. The molecule has 1 N–H and O–H groups in total. The van der Waals surface area contributed by atoms with Crippen LogP contribution in [0, 0.1) is 0 Å². The predicted octanol–water partition coefficient (Wildman–Crippen LogP) is 2.66. The lowest BCUT2D eigenvalue weighted by Crippen LogP contribution is -2.42. The molecule has 2 aliphatic rings. The summed E-state index contributed by atoms with van der Waals surface area (Å²) < 4.78 is 0. The number of nitrogens with zero attached hydrogens (tertiary/aromatic N) is 2. The number of carbonyl (C=O) groups is 1. The summed E-state index contributed by atoms with van der Waals surface area (Å²) in [5, 5.41) is 3.35. The maximum Gasteiger partial charge on any atom is 0.254 e. The maximum absolute atomic E-state index is 13.0. The summed E-state index contributed by atoms with van der Waals surface area (Å²) in [5.41, 5.74) is 3.47. The Morgan fingerprint density at radius 1 is 1.13 bits per heavy atom. The van der Waals surface area contributed by atoms with Gasteiger partial charge in [0.25, 0.3) is 5.91 Å². The molecule has 1 aromatic rings. The van der Waals surface area contributed by atoms with E-state index in [1.54, 1.807) is 0 Å². The second-order valence-electron chi connectivity index (χ2n) is 6.83. The minimum atomic E-state index is 0. The molecule has 128 valence electrons. The van der Waals surface area contributed by atoms with E-state index in [1.807, 2.05) is 6.07 Å². The molecule has 1 aliphatic heterocycles. The minimum absolute atomic E-state index is 0. The van der Waals surface area contributed by atoms with Crippen LogP contribution in [0.5, 0.6) is 0 Å². The SMILES string of the molecule is CN(C)CCN(C(=O)c1ccc2c(c1)CNC2)C1CCCC1.Cl. The number of likely N-dealkylation sites (N-methyl/N-ethyl adjacent to an activating group) is 1. The second kappa shape index (κ2) is 8.13. The molecular formula is C18H28ClN3O. The molecule has 0 unspecified atom stereocenters. The monoisotopic (exact) mass is 337 g/mol. The van der Waals surface area contributed by atoms with Crippen LogP contribution < -0.4 is 5.32 Å². The van der Waals surface area contributed by atoms with Crippen molar-refractivity contribution in [2.75, 3.05) is 27.2 Å². The molecule has 5 heteroatoms. The molecule has 23 heavy (non-hydrogen) atoms. The molecule has 0 aromatic heterocycles. The third kappa shape index (κ3) is 4.25. The van der Waals surface area contributed by atoms with E-state index in [1.165, 1.54) is 24.0 Å². The molecule has 1 aromatic carbocycles. The second-order valence-corrected chi connectivity index (χ2v) is 6.83. The van der Waals surface area contributed by atoms with Crippen LogP contribution in [0.1, 0.15) is 47.2 Å². The van der Waals surface area contributed by atoms with Crippen LogP contribution in [0.2, 0.25) is 0 Å². The van der Waals surface area contributed by atoms with Gasteiger partial charge < -0.3 is 15.1 Å². The van der Waals surface area contributed by atoms with Gasteiger partial charge in [0.15, 0.2) is 0 Å². The average molecular weight is 338 g/mol. The Kier molecular flexibility index (Phi) is 6.45. The van der Waals surface area contributed by atoms with Crippen molar-refractivity contribution in [2.45, 2.75) is 44.8 Å². The molecule has 1 heterocycles. The molecule has 3 rings (SSSR count). The molecule has 0 spiro atoms. The number of carbonyl (C=O) groups excluding carboxylic acids is 1. The van der Waals surface area contributed by atoms with Crippen molar-refractivity contribution >= 4 is 18.3 Å². The molecule has 0 saturated heterocycles. The number of rotatable bonds is 5. The lowest BCUT2D eigenvalue weighted by molar-refractivity contribution is 0.0667. The lowest BCUT2D eigenvalue weighted by atomic mass is 10.0. The quantitative estimate of drug-likeness (QED) is 0.897. The van der Waals surface area contributed by atoms with E-state index < -0.39 is 0 Å². The lowest BCUT2D eigenvalue weighted by Gasteiger charge is -2.30. The molecule has 1 fully saturated rings. The zero-order valence-corrected chi connectivity index (χ0v) is 15.0. The Bertz CT molecular complexity index is 541. The van der Waals surface area contributed by atoms with Crippen LogP contribution >= 0.6 is 12.4 Å². The first kappa shape index (κ1) is 18.2. The van der Waals surface area contributed by atoms with Crippen molar-refractivity contribution in [1.82, 2.24) is 15.1 Å². The number of benzene rings is 1. The molecule has 0 bridgehead atoms. The van der Waals surface area contributed by atoms with Crippen LogP contribution in [0.3, 0.4) is 0 Å². The zero-order valence-electron chi connectivity index (χ0n) is 14.2. The molecule has 0 atom stereocenters. The van der Waals surface area contributed by atoms with Crippen LogP contribution in [0.25, 0.3) is 0 Å². The van der Waals surface area contributed by atoms with E-state index in [-0.39, 0.29) is 18.3 Å². The molecule has 4 nitrogen and oxygen atoms in total. The highest BCUT2D eigenvalue weighted by Gasteiger charge is 2.27. The van der Waals surface area contributed by atoms with Gasteiger partial charge in [0, 0.05) is 37.8 Å². The fourth-order valence-corrected chi connectivity index (χ4v) is 3.57. The van der Waals surface area contributed by atoms with Gasteiger partial charge in [-0.1, -0.05) is 18.9 Å². The van der Waals surface area contributed by atoms with Gasteiger partial charge in [-0.3, -0.25) is 4.79 Å². The fraction of sp³-hybridized carbons (Fsp3) is 0.611. The van der Waals surface area contributed by atoms with Gasteiger partial charge >= 0.3 is 0 Å². The fourth-order valence-electron chi connectivity index (χ4n) is 3.57. The van der Waals surface area contributed by atoms with Gasteiger partial charge in [-0.05, 0) is 50.2 Å². The molecule has 0 radical (unpaired) electrons. The number of hydrogen-bond donors (Lipinski definition) is 1. The summed E-state index contributed by atoms with van der Waals surface area (Å²) in [6.07, 6.45) is 4.83. The van der Waals surface area contributed by atoms with Gasteiger partial charge in [0.2, 0.25) is 0 Å². The zero-order chi connectivity index (χ0) is 15.5. The molecule has 1 amide bonds. The van der Waals surface area contributed by atoms with Crippen molar-refractivity contribution in [3.05, 3.63) is 34.9 Å². The smallest absolute Gasteiger partial charge is 0.254 e. The molecule has 1 aliphatic carbocycles. The van der Waals surface area contributed by atoms with Crippen LogP contribution in [-0.2, 0) is 13.1 Å². The summed E-state index contributed by atoms with van der Waals surface area (Å²) >= 11 is 0. The third-order valence-electron chi connectivity index (χ3n) is 4.90. The largest absolute Gasteiger partial charge is 0.334 e. The van der Waals surface area contributed by atoms with E-state index in [2.05, 4.69) is 41.3 Å². The van der Waals surface area contributed by atoms with Crippen LogP contribution in [-0.4, -0.2) is 48.9 Å². The van der Waals surface area contributed by atoms with E-state index in [0.717, 1.165) is 44.6 Å². The number of hydrogen-bond acceptors (Lipinski definition) is 3. The molecular weight excluding hydrogens is 310 g/mol. The van der Waals surface area contributed by atoms with Crippen molar-refractivity contribution in [2.24, 2.45) is 0 Å². The van der Waals surface area contributed by atoms with Crippen molar-refractivity contribution in [1.29, 1.82) is 0 Å². The van der Waals surface area contributed by atoms with E-state index in [0.29, 0.717) is 6.04 Å². The highest BCUT2D eigenvalue weighted by Crippen LogP contribution is 2.26. The van der Waals surface area contributed by atoms with Gasteiger partial charge in [0.05, 0.1) is 0 Å². The Morgan fingerprint density at radius 2 is 1.83 bits per heavy atom. The third-order valence-corrected chi connectivity index (χ3v) is 4.90. The number of fused-ring (bicyclic) bond motifs is 1. The maximum atomic E-state index is 13.0. The Morgan fingerprint density at radius 3 is 2.52 bits per heavy atom. The van der Waals surface area contributed by atoms with E-state index >= 15 is 0 Å². The number of halogens is 1. The molecule has 1 saturated carbocycles. The predicted molar refractivity (Wildman–Crippen MR) is 96.1 cm³/mol. The highest BCUT2D eigenvalue weighted by atomic mass is 35.5. The van der Waals surface area contributed by atoms with Gasteiger partial charge in [0.1, 0.15) is 0 Å². The number of amides is 1. The first-order valence-electron chi connectivity index (χ1n) is 8.43. The summed E-state index contributed by atoms with van der Waals surface area (Å²) in [4.78, 5) is 17.3. The summed E-state index contributed by atoms with van der Waals surface area (Å²) in [5.74, 6) is 0.212. The summed E-state index contributed by atoms with van der Waals surface area (Å²) in [7, 11) is 4.14. The number of nitrogens with one attached hydrogen (secondary N) is 1. The topological polar surface area (TPSA) is 35.6 Å². The highest BCUT2D eigenvalue weighted by molar-refractivity contribution is 5.94. The first-order valence-corrected chi connectivity index (χ1v) is 8.43. The van der Waals surface area contributed by atoms with Crippen LogP contribution in [0.4, 0.5) is 0 Å². The Hall–Kier alpha value is -1.10. The summed E-state index contributed by atoms with van der Waals surface area (Å²) in [6, 6.07) is 6.64. The van der Waals surface area contributed by atoms with Gasteiger partial charge in [-0.2, -0.15) is 0 Å². The van der Waals surface area contributed by atoms with Crippen LogP contribution in [0.15, 0.2) is 18.2 Å². The van der Waals surface area contributed by atoms with Gasteiger partial charge in [-0.25, -0.2) is 0 Å².